The molecule has 2 heterocycles. The van der Waals surface area contributed by atoms with E-state index in [0.717, 1.165) is 57.1 Å². The summed E-state index contributed by atoms with van der Waals surface area (Å²) in [6, 6.07) is 6.20. The zero-order chi connectivity index (χ0) is 21.1. The molecule has 1 saturated heterocycles. The molecule has 4 rings (SSSR count). The number of rotatable bonds is 7. The first-order valence-corrected chi connectivity index (χ1v) is 11.5. The Bertz CT molecular complexity index is 702. The predicted octanol–water partition coefficient (Wildman–Crippen LogP) is 3.13. The van der Waals surface area contributed by atoms with Gasteiger partial charge in [0.15, 0.2) is 11.5 Å². The lowest BCUT2D eigenvalue weighted by Crippen LogP contribution is -2.48. The monoisotopic (exact) mass is 418 g/mol. The molecule has 2 aliphatic heterocycles. The van der Waals surface area contributed by atoms with E-state index >= 15 is 0 Å². The Hall–Kier alpha value is -1.34. The number of ether oxygens (including phenoxy) is 3. The maximum atomic E-state index is 10.5. The largest absolute Gasteiger partial charge is 0.454 e. The second kappa shape index (κ2) is 9.43. The normalized spacial score (nSPS) is 27.9. The molecule has 0 unspecified atom stereocenters. The zero-order valence-electron chi connectivity index (χ0n) is 18.8. The van der Waals surface area contributed by atoms with E-state index in [2.05, 4.69) is 42.7 Å². The molecule has 0 bridgehead atoms. The van der Waals surface area contributed by atoms with Crippen molar-refractivity contribution in [2.24, 2.45) is 11.3 Å². The number of fused-ring (bicyclic) bond motifs is 1. The summed E-state index contributed by atoms with van der Waals surface area (Å²) in [6.07, 6.45) is 3.37. The van der Waals surface area contributed by atoms with Crippen LogP contribution in [-0.4, -0.2) is 73.2 Å². The van der Waals surface area contributed by atoms with Crippen LogP contribution in [0, 0.1) is 11.3 Å². The van der Waals surface area contributed by atoms with Crippen molar-refractivity contribution in [3.8, 4) is 11.5 Å². The van der Waals surface area contributed by atoms with Gasteiger partial charge in [-0.25, -0.2) is 0 Å². The highest BCUT2D eigenvalue weighted by molar-refractivity contribution is 5.44. The Kier molecular flexibility index (Phi) is 6.88. The number of hydrogen-bond acceptors (Lipinski definition) is 6. The van der Waals surface area contributed by atoms with Crippen molar-refractivity contribution >= 4 is 0 Å². The maximum absolute atomic E-state index is 10.5. The zero-order valence-corrected chi connectivity index (χ0v) is 18.8. The highest BCUT2D eigenvalue weighted by Gasteiger charge is 2.33. The minimum Gasteiger partial charge on any atom is -0.454 e. The molecule has 1 saturated carbocycles. The van der Waals surface area contributed by atoms with Crippen LogP contribution >= 0.6 is 0 Å². The number of aliphatic hydroxyl groups excluding tert-OH is 1. The summed E-state index contributed by atoms with van der Waals surface area (Å²) in [4.78, 5) is 4.82. The van der Waals surface area contributed by atoms with Crippen LogP contribution in [-0.2, 0) is 11.3 Å². The average Bonchev–Trinajstić information content (AvgIpc) is 3.14. The van der Waals surface area contributed by atoms with Gasteiger partial charge in [-0.05, 0) is 48.3 Å². The molecule has 6 nitrogen and oxygen atoms in total. The second-order valence-electron chi connectivity index (χ2n) is 10.3. The fourth-order valence-corrected chi connectivity index (χ4v) is 5.41. The lowest BCUT2D eigenvalue weighted by molar-refractivity contribution is -0.0634. The van der Waals surface area contributed by atoms with E-state index in [-0.39, 0.29) is 6.10 Å². The van der Waals surface area contributed by atoms with E-state index in [1.165, 1.54) is 12.0 Å². The number of piperazine rings is 1. The summed E-state index contributed by atoms with van der Waals surface area (Å²) in [5, 5.41) is 10.5. The van der Waals surface area contributed by atoms with Gasteiger partial charge >= 0.3 is 0 Å². The summed E-state index contributed by atoms with van der Waals surface area (Å²) in [5.74, 6) is 2.39. The number of aliphatic hydroxyl groups is 1. The van der Waals surface area contributed by atoms with E-state index in [1.54, 1.807) is 0 Å². The van der Waals surface area contributed by atoms with Gasteiger partial charge in [0.2, 0.25) is 6.79 Å². The number of nitrogens with zero attached hydrogens (tertiary/aromatic N) is 2. The fraction of sp³-hybridized carbons (Fsp3) is 0.750. The van der Waals surface area contributed by atoms with Gasteiger partial charge < -0.3 is 19.3 Å². The topological polar surface area (TPSA) is 54.4 Å². The van der Waals surface area contributed by atoms with Gasteiger partial charge in [-0.2, -0.15) is 0 Å². The quantitative estimate of drug-likeness (QED) is 0.734. The minimum atomic E-state index is -0.411. The van der Waals surface area contributed by atoms with Gasteiger partial charge in [0, 0.05) is 39.3 Å². The molecular weight excluding hydrogens is 380 g/mol. The Morgan fingerprint density at radius 1 is 1.10 bits per heavy atom. The molecule has 0 aromatic heterocycles. The molecule has 2 fully saturated rings. The molecule has 30 heavy (non-hydrogen) atoms. The van der Waals surface area contributed by atoms with Gasteiger partial charge in [0.1, 0.15) is 0 Å². The summed E-state index contributed by atoms with van der Waals surface area (Å²) >= 11 is 0. The Morgan fingerprint density at radius 3 is 2.60 bits per heavy atom. The molecule has 3 aliphatic rings. The van der Waals surface area contributed by atoms with Crippen LogP contribution in [0.25, 0.3) is 0 Å². The van der Waals surface area contributed by atoms with Crippen LogP contribution in [0.1, 0.15) is 45.6 Å². The van der Waals surface area contributed by atoms with Crippen molar-refractivity contribution < 1.29 is 19.3 Å². The van der Waals surface area contributed by atoms with Crippen LogP contribution in [0.5, 0.6) is 11.5 Å². The first-order chi connectivity index (χ1) is 14.4. The molecular formula is C24H38N2O4. The van der Waals surface area contributed by atoms with Crippen molar-refractivity contribution in [3.05, 3.63) is 23.8 Å². The molecule has 0 amide bonds. The van der Waals surface area contributed by atoms with Crippen LogP contribution in [0.4, 0.5) is 0 Å². The average molecular weight is 419 g/mol. The third kappa shape index (κ3) is 5.88. The first kappa shape index (κ1) is 21.9. The standard InChI is InChI=1S/C24H38N2O4/c1-18-10-21(13-24(2,3)12-18)28-16-20(27)15-26-8-6-25(7-9-26)14-19-4-5-22-23(11-19)30-17-29-22/h4-5,11,18,20-21,27H,6-10,12-17H2,1-3H3/t18-,20+,21+/m1/s1. The number of benzene rings is 1. The lowest BCUT2D eigenvalue weighted by atomic mass is 9.71. The van der Waals surface area contributed by atoms with Crippen molar-refractivity contribution in [1.82, 2.24) is 9.80 Å². The van der Waals surface area contributed by atoms with E-state index in [1.807, 2.05) is 6.07 Å². The molecule has 1 aliphatic carbocycles. The SMILES string of the molecule is C[C@@H]1C[C@H](OC[C@@H](O)CN2CCN(Cc3ccc4c(c3)OCO4)CC2)CC(C)(C)C1. The van der Waals surface area contributed by atoms with Gasteiger partial charge in [-0.3, -0.25) is 9.80 Å². The van der Waals surface area contributed by atoms with Gasteiger partial charge in [-0.15, -0.1) is 0 Å². The molecule has 1 aromatic carbocycles. The van der Waals surface area contributed by atoms with Crippen LogP contribution in [0.15, 0.2) is 18.2 Å². The van der Waals surface area contributed by atoms with Crippen LogP contribution in [0.2, 0.25) is 0 Å². The van der Waals surface area contributed by atoms with Gasteiger partial charge in [0.05, 0.1) is 18.8 Å². The van der Waals surface area contributed by atoms with Gasteiger partial charge in [-0.1, -0.05) is 26.8 Å². The molecule has 1 aromatic rings. The third-order valence-corrected chi connectivity index (χ3v) is 6.65. The summed E-state index contributed by atoms with van der Waals surface area (Å²) < 4.78 is 17.0. The van der Waals surface area contributed by atoms with Crippen molar-refractivity contribution in [1.29, 1.82) is 0 Å². The highest BCUT2D eigenvalue weighted by Crippen LogP contribution is 2.39. The number of hydrogen-bond donors (Lipinski definition) is 1. The molecule has 168 valence electrons. The van der Waals surface area contributed by atoms with E-state index in [0.29, 0.717) is 31.3 Å². The summed E-state index contributed by atoms with van der Waals surface area (Å²) in [6.45, 7) is 13.4. The molecule has 6 heteroatoms. The third-order valence-electron chi connectivity index (χ3n) is 6.65. The maximum Gasteiger partial charge on any atom is 0.231 e. The molecule has 3 atom stereocenters. The van der Waals surface area contributed by atoms with E-state index in [9.17, 15) is 5.11 Å². The second-order valence-corrected chi connectivity index (χ2v) is 10.3. The minimum absolute atomic E-state index is 0.289. The first-order valence-electron chi connectivity index (χ1n) is 11.5. The van der Waals surface area contributed by atoms with Crippen LogP contribution in [0.3, 0.4) is 0 Å². The fourth-order valence-electron chi connectivity index (χ4n) is 5.41. The molecule has 1 N–H and O–H groups in total. The lowest BCUT2D eigenvalue weighted by Gasteiger charge is -2.39. The van der Waals surface area contributed by atoms with Crippen molar-refractivity contribution in [2.45, 2.75) is 58.8 Å². The Morgan fingerprint density at radius 2 is 1.83 bits per heavy atom. The smallest absolute Gasteiger partial charge is 0.231 e. The summed E-state index contributed by atoms with van der Waals surface area (Å²) in [7, 11) is 0. The van der Waals surface area contributed by atoms with Crippen molar-refractivity contribution in [2.75, 3.05) is 46.1 Å². The van der Waals surface area contributed by atoms with Gasteiger partial charge in [0.25, 0.3) is 0 Å². The van der Waals surface area contributed by atoms with E-state index < -0.39 is 6.10 Å². The summed E-state index contributed by atoms with van der Waals surface area (Å²) in [5.41, 5.74) is 1.60. The Balaban J connectivity index is 1.16. The predicted molar refractivity (Wildman–Crippen MR) is 117 cm³/mol. The number of β-amino-alcohol motifs (C(OH)–C–C–N with tert-alkyl or cyclic N) is 1. The van der Waals surface area contributed by atoms with Crippen LogP contribution < -0.4 is 9.47 Å². The highest BCUT2D eigenvalue weighted by atomic mass is 16.7. The Labute approximate surface area is 181 Å². The van der Waals surface area contributed by atoms with Crippen molar-refractivity contribution in [3.63, 3.8) is 0 Å². The molecule has 0 radical (unpaired) electrons. The van der Waals surface area contributed by atoms with E-state index in [4.69, 9.17) is 14.2 Å². The molecule has 0 spiro atoms.